The molecule has 3 fully saturated rings. The van der Waals surface area contributed by atoms with Crippen LogP contribution < -0.4 is 26.9 Å². The van der Waals surface area contributed by atoms with Gasteiger partial charge in [-0.05, 0) is 75.9 Å². The predicted molar refractivity (Wildman–Crippen MR) is 178 cm³/mol. The molecule has 7 rings (SSSR count). The van der Waals surface area contributed by atoms with Crippen molar-refractivity contribution in [2.24, 2.45) is 11.6 Å². The van der Waals surface area contributed by atoms with E-state index in [4.69, 9.17) is 21.1 Å². The Balaban J connectivity index is 0.000000736. The zero-order valence-corrected chi connectivity index (χ0v) is 27.2. The van der Waals surface area contributed by atoms with Gasteiger partial charge in [-0.3, -0.25) is 9.48 Å². The molecule has 48 heavy (non-hydrogen) atoms. The van der Waals surface area contributed by atoms with Gasteiger partial charge in [-0.15, -0.1) is 11.8 Å². The van der Waals surface area contributed by atoms with Crippen molar-refractivity contribution in [2.75, 3.05) is 31.6 Å². The lowest BCUT2D eigenvalue weighted by Crippen LogP contribution is -2.44. The van der Waals surface area contributed by atoms with E-state index in [0.29, 0.717) is 22.2 Å². The molecular weight excluding hydrogens is 642 g/mol. The molecule has 6 N–H and O–H groups in total. The molecule has 256 valence electrons. The predicted octanol–water partition coefficient (Wildman–Crippen LogP) is 4.23. The molecular formula is C32H40F2N10O3S. The Labute approximate surface area is 281 Å². The Morgan fingerprint density at radius 3 is 2.73 bits per heavy atom. The number of hydrogen-bond donors (Lipinski definition) is 4. The number of hydrogen-bond acceptors (Lipinski definition) is 11. The lowest BCUT2D eigenvalue weighted by molar-refractivity contribution is -0.0494. The first-order chi connectivity index (χ1) is 23.3. The molecule has 1 amide bonds. The molecule has 1 saturated carbocycles. The number of alkyl halides is 2. The van der Waals surface area contributed by atoms with Gasteiger partial charge in [-0.1, -0.05) is 0 Å². The summed E-state index contributed by atoms with van der Waals surface area (Å²) in [6, 6.07) is 6.88. The number of nitrogens with zero attached hydrogens (tertiary/aromatic N) is 6. The van der Waals surface area contributed by atoms with Gasteiger partial charge >= 0.3 is 6.61 Å². The number of carbonyl (C=O) groups excluding carboxylic acids is 1. The van der Waals surface area contributed by atoms with Gasteiger partial charge in [0, 0.05) is 65.5 Å². The van der Waals surface area contributed by atoms with E-state index < -0.39 is 12.5 Å². The number of nitrogens with one attached hydrogen (secondary N) is 2. The number of hydrazine groups is 1. The first-order valence-electron chi connectivity index (χ1n) is 16.0. The van der Waals surface area contributed by atoms with E-state index in [2.05, 4.69) is 25.8 Å². The highest BCUT2D eigenvalue weighted by molar-refractivity contribution is 8.00. The number of benzene rings is 1. The number of carbonyl (C=O) groups is 1. The van der Waals surface area contributed by atoms with Crippen LogP contribution in [0.1, 0.15) is 48.9 Å². The van der Waals surface area contributed by atoms with Crippen LogP contribution in [0.5, 0.6) is 5.75 Å². The smallest absolute Gasteiger partial charge is 0.387 e. The molecule has 5 heterocycles. The van der Waals surface area contributed by atoms with E-state index >= 15 is 0 Å². The van der Waals surface area contributed by atoms with E-state index in [9.17, 15) is 13.6 Å². The molecule has 2 saturated heterocycles. The SMILES string of the molecule is C1CCOC1.N/C(=C\N(N)C1CCNCC1)Cn1cc(NC(=O)c2cnn3cccnc23)c(-c2cc(SC3CC3)ccc2OC(F)F)n1. The summed E-state index contributed by atoms with van der Waals surface area (Å²) in [5, 5.41) is 17.2. The Morgan fingerprint density at radius 2 is 2.02 bits per heavy atom. The largest absolute Gasteiger partial charge is 0.434 e. The van der Waals surface area contributed by atoms with Crippen molar-refractivity contribution in [1.82, 2.24) is 34.7 Å². The fourth-order valence-corrected chi connectivity index (χ4v) is 6.54. The van der Waals surface area contributed by atoms with Crippen molar-refractivity contribution in [2.45, 2.75) is 67.9 Å². The molecule has 1 aromatic carbocycles. The summed E-state index contributed by atoms with van der Waals surface area (Å²) < 4.78 is 39.7. The van der Waals surface area contributed by atoms with Gasteiger partial charge < -0.3 is 30.8 Å². The standard InChI is InChI=1S/C28H32F2N10O2S.C4H8O/c29-28(30)42-24-5-4-20(43-19-2-3-19)12-21(24)25-23(36-27(41)22-13-35-40-11-1-8-34-26(22)40)16-38(37-25)14-17(31)15-39(32)18-6-9-33-10-7-18;1-2-4-5-3-1/h1,4-5,8,11-13,15-16,18-19,28,33H,2-3,6-7,9-10,14,31-32H2,(H,36,41);1-4H2/b17-15-;. The third-order valence-electron chi connectivity index (χ3n) is 8.00. The number of anilines is 1. The maximum atomic E-state index is 13.5. The van der Waals surface area contributed by atoms with Gasteiger partial charge in [0.05, 0.1) is 18.4 Å². The minimum atomic E-state index is -3.05. The molecule has 4 aromatic rings. The molecule has 0 unspecified atom stereocenters. The summed E-state index contributed by atoms with van der Waals surface area (Å²) in [6.07, 6.45) is 14.5. The number of aromatic nitrogens is 5. The molecule has 0 bridgehead atoms. The monoisotopic (exact) mass is 682 g/mol. The molecule has 2 aliphatic heterocycles. The Kier molecular flexibility index (Phi) is 11.1. The van der Waals surface area contributed by atoms with Crippen LogP contribution >= 0.6 is 11.8 Å². The van der Waals surface area contributed by atoms with E-state index in [-0.39, 0.29) is 35.3 Å². The van der Waals surface area contributed by atoms with Gasteiger partial charge in [0.15, 0.2) is 5.65 Å². The van der Waals surface area contributed by atoms with Gasteiger partial charge in [0.1, 0.15) is 17.0 Å². The quantitative estimate of drug-likeness (QED) is 0.132. The second-order valence-corrected chi connectivity index (χ2v) is 13.2. The van der Waals surface area contributed by atoms with Crippen molar-refractivity contribution in [1.29, 1.82) is 0 Å². The van der Waals surface area contributed by atoms with E-state index in [1.54, 1.807) is 59.8 Å². The van der Waals surface area contributed by atoms with Crippen LogP contribution in [0.4, 0.5) is 14.5 Å². The fraction of sp³-hybridized carbons (Fsp3) is 0.438. The van der Waals surface area contributed by atoms with Crippen LogP contribution in [-0.4, -0.2) is 79.5 Å². The van der Waals surface area contributed by atoms with Gasteiger partial charge in [0.25, 0.3) is 5.91 Å². The number of fused-ring (bicyclic) bond motifs is 1. The lowest BCUT2D eigenvalue weighted by atomic mass is 10.1. The third kappa shape index (κ3) is 8.80. The molecule has 13 nitrogen and oxygen atoms in total. The Morgan fingerprint density at radius 1 is 1.23 bits per heavy atom. The third-order valence-corrected chi connectivity index (χ3v) is 9.33. The summed E-state index contributed by atoms with van der Waals surface area (Å²) in [7, 11) is 0. The minimum Gasteiger partial charge on any atom is -0.434 e. The van der Waals surface area contributed by atoms with Gasteiger partial charge in [-0.2, -0.15) is 19.0 Å². The van der Waals surface area contributed by atoms with E-state index in [1.165, 1.54) is 34.3 Å². The average molecular weight is 683 g/mol. The summed E-state index contributed by atoms with van der Waals surface area (Å²) >= 11 is 1.67. The van der Waals surface area contributed by atoms with E-state index in [1.807, 2.05) is 0 Å². The zero-order valence-electron chi connectivity index (χ0n) is 26.4. The number of ether oxygens (including phenoxy) is 2. The lowest BCUT2D eigenvalue weighted by Gasteiger charge is -2.30. The first kappa shape index (κ1) is 33.6. The number of nitrogens with two attached hydrogens (primary N) is 2. The highest BCUT2D eigenvalue weighted by Crippen LogP contribution is 2.43. The molecule has 0 atom stereocenters. The van der Waals surface area contributed by atoms with Crippen LogP contribution in [0.2, 0.25) is 0 Å². The molecule has 3 aromatic heterocycles. The minimum absolute atomic E-state index is 0.0592. The topological polar surface area (TPSA) is 163 Å². The van der Waals surface area contributed by atoms with Crippen molar-refractivity contribution < 1.29 is 23.0 Å². The summed E-state index contributed by atoms with van der Waals surface area (Å²) in [5.41, 5.74) is 8.25. The summed E-state index contributed by atoms with van der Waals surface area (Å²) in [6.45, 7) is 0.846. The highest BCUT2D eigenvalue weighted by Gasteiger charge is 2.26. The second kappa shape index (κ2) is 15.8. The maximum Gasteiger partial charge on any atom is 0.387 e. The van der Waals surface area contributed by atoms with E-state index in [0.717, 1.165) is 56.9 Å². The fourth-order valence-electron chi connectivity index (χ4n) is 5.45. The molecule has 0 spiro atoms. The van der Waals surface area contributed by atoms with Crippen molar-refractivity contribution in [3.8, 4) is 17.0 Å². The number of piperidine rings is 1. The van der Waals surface area contributed by atoms with Crippen LogP contribution in [0.25, 0.3) is 16.9 Å². The van der Waals surface area contributed by atoms with Crippen molar-refractivity contribution in [3.05, 3.63) is 66.5 Å². The van der Waals surface area contributed by atoms with Gasteiger partial charge in [-0.25, -0.2) is 15.3 Å². The van der Waals surface area contributed by atoms with Crippen LogP contribution in [0.15, 0.2) is 65.8 Å². The molecule has 1 aliphatic carbocycles. The van der Waals surface area contributed by atoms with Crippen LogP contribution in [0.3, 0.4) is 0 Å². The number of allylic oxidation sites excluding steroid dienone is 1. The first-order valence-corrected chi connectivity index (χ1v) is 16.9. The van der Waals surface area contributed by atoms with Crippen LogP contribution in [0, 0.1) is 0 Å². The maximum absolute atomic E-state index is 13.5. The highest BCUT2D eigenvalue weighted by atomic mass is 32.2. The number of halogens is 2. The van der Waals surface area contributed by atoms with Crippen molar-refractivity contribution >= 4 is 29.0 Å². The Hall–Kier alpha value is -4.25. The summed E-state index contributed by atoms with van der Waals surface area (Å²) in [5.74, 6) is 5.73. The number of amides is 1. The molecule has 16 heteroatoms. The Bertz CT molecular complexity index is 1710. The number of thioether (sulfide) groups is 1. The zero-order chi connectivity index (χ0) is 33.5. The second-order valence-electron chi connectivity index (χ2n) is 11.8. The average Bonchev–Trinajstić information content (AvgIpc) is 3.44. The number of rotatable bonds is 11. The summed E-state index contributed by atoms with van der Waals surface area (Å²) in [4.78, 5) is 18.6. The van der Waals surface area contributed by atoms with Crippen LogP contribution in [-0.2, 0) is 11.3 Å². The molecule has 0 radical (unpaired) electrons. The normalized spacial score (nSPS) is 17.0. The van der Waals surface area contributed by atoms with Crippen molar-refractivity contribution in [3.63, 3.8) is 0 Å². The van der Waals surface area contributed by atoms with Gasteiger partial charge in [0.2, 0.25) is 0 Å². The molecule has 3 aliphatic rings.